The van der Waals surface area contributed by atoms with Gasteiger partial charge in [0.15, 0.2) is 0 Å². The Bertz CT molecular complexity index is 837. The number of hydrogen-bond donors (Lipinski definition) is 2. The molecule has 2 aromatic carbocycles. The zero-order valence-electron chi connectivity index (χ0n) is 16.5. The van der Waals surface area contributed by atoms with Crippen molar-refractivity contribution in [3.05, 3.63) is 63.6 Å². The summed E-state index contributed by atoms with van der Waals surface area (Å²) in [6.07, 6.45) is 1.74. The van der Waals surface area contributed by atoms with Crippen molar-refractivity contribution in [3.63, 3.8) is 0 Å². The molecule has 3 rings (SSSR count). The lowest BCUT2D eigenvalue weighted by Crippen LogP contribution is -2.44. The van der Waals surface area contributed by atoms with Gasteiger partial charge in [0.1, 0.15) is 5.75 Å². The van der Waals surface area contributed by atoms with Crippen molar-refractivity contribution in [2.75, 3.05) is 7.05 Å². The van der Waals surface area contributed by atoms with Crippen LogP contribution < -0.4 is 5.32 Å². The van der Waals surface area contributed by atoms with Crippen LogP contribution in [0.4, 0.5) is 0 Å². The van der Waals surface area contributed by atoms with Gasteiger partial charge in [-0.05, 0) is 65.5 Å². The molecule has 1 fully saturated rings. The Morgan fingerprint density at radius 3 is 2.43 bits per heavy atom. The number of halogens is 2. The number of nitrogens with one attached hydrogen (secondary N) is 1. The first kappa shape index (κ1) is 21.0. The fourth-order valence-corrected chi connectivity index (χ4v) is 5.51. The minimum atomic E-state index is -0.0529. The third-order valence-electron chi connectivity index (χ3n) is 6.25. The molecule has 0 spiro atoms. The van der Waals surface area contributed by atoms with Gasteiger partial charge in [0.2, 0.25) is 5.91 Å². The second kappa shape index (κ2) is 8.75. The molecule has 2 aromatic rings. The summed E-state index contributed by atoms with van der Waals surface area (Å²) < 4.78 is 0. The Balaban J connectivity index is 2.13. The van der Waals surface area contributed by atoms with Crippen LogP contribution in [0.3, 0.4) is 0 Å². The predicted octanol–water partition coefficient (Wildman–Crippen LogP) is 5.99. The predicted molar refractivity (Wildman–Crippen MR) is 115 cm³/mol. The molecular weight excluding hydrogens is 393 g/mol. The van der Waals surface area contributed by atoms with Crippen LogP contribution in [-0.4, -0.2) is 18.1 Å². The van der Waals surface area contributed by atoms with Crippen molar-refractivity contribution in [1.29, 1.82) is 0 Å². The summed E-state index contributed by atoms with van der Waals surface area (Å²) in [7, 11) is 1.71. The molecule has 3 unspecified atom stereocenters. The van der Waals surface area contributed by atoms with E-state index in [1.54, 1.807) is 19.2 Å². The third kappa shape index (κ3) is 4.01. The highest BCUT2D eigenvalue weighted by Crippen LogP contribution is 2.54. The summed E-state index contributed by atoms with van der Waals surface area (Å²) in [5.41, 5.74) is 2.20. The first-order chi connectivity index (χ1) is 13.4. The molecule has 28 heavy (non-hydrogen) atoms. The molecule has 5 heteroatoms. The standard InChI is InChI=1S/C23H27Cl2NO2/c1-4-17-21(23(28)26-3)13(2)11-19(18-10-9-16(27)12-20(18)25)22(17)14-5-7-15(24)8-6-14/h5-10,12-13,17,19,21-22,27H,4,11H2,1-3H3,(H,26,28)/t13-,17?,19?,21?,22-/m1/s1. The molecular formula is C23H27Cl2NO2. The van der Waals surface area contributed by atoms with Crippen molar-refractivity contribution in [2.45, 2.75) is 38.5 Å². The van der Waals surface area contributed by atoms with E-state index in [-0.39, 0.29) is 41.2 Å². The van der Waals surface area contributed by atoms with Crippen LogP contribution in [0.5, 0.6) is 5.75 Å². The van der Waals surface area contributed by atoms with Gasteiger partial charge >= 0.3 is 0 Å². The molecule has 5 atom stereocenters. The van der Waals surface area contributed by atoms with Gasteiger partial charge < -0.3 is 10.4 Å². The maximum absolute atomic E-state index is 12.7. The highest BCUT2D eigenvalue weighted by Gasteiger charge is 2.46. The second-order valence-corrected chi connectivity index (χ2v) is 8.66. The lowest BCUT2D eigenvalue weighted by Gasteiger charge is -2.46. The first-order valence-electron chi connectivity index (χ1n) is 9.82. The van der Waals surface area contributed by atoms with Crippen LogP contribution in [0.25, 0.3) is 0 Å². The van der Waals surface area contributed by atoms with Crippen LogP contribution in [0.2, 0.25) is 10.0 Å². The summed E-state index contributed by atoms with van der Waals surface area (Å²) in [6.45, 7) is 4.30. The Morgan fingerprint density at radius 1 is 1.18 bits per heavy atom. The molecule has 150 valence electrons. The van der Waals surface area contributed by atoms with Crippen molar-refractivity contribution in [2.24, 2.45) is 17.8 Å². The molecule has 0 radical (unpaired) electrons. The Labute approximate surface area is 177 Å². The van der Waals surface area contributed by atoms with Crippen molar-refractivity contribution < 1.29 is 9.90 Å². The topological polar surface area (TPSA) is 49.3 Å². The average Bonchev–Trinajstić information content (AvgIpc) is 2.67. The van der Waals surface area contributed by atoms with Crippen molar-refractivity contribution >= 4 is 29.1 Å². The van der Waals surface area contributed by atoms with Gasteiger partial charge in [-0.1, -0.05) is 61.7 Å². The molecule has 3 nitrogen and oxygen atoms in total. The quantitative estimate of drug-likeness (QED) is 0.638. The number of amides is 1. The molecule has 1 aliphatic rings. The smallest absolute Gasteiger partial charge is 0.223 e. The molecule has 0 heterocycles. The van der Waals surface area contributed by atoms with Crippen LogP contribution in [0.15, 0.2) is 42.5 Å². The zero-order valence-corrected chi connectivity index (χ0v) is 18.0. The molecule has 1 amide bonds. The maximum Gasteiger partial charge on any atom is 0.223 e. The lowest BCUT2D eigenvalue weighted by atomic mass is 9.58. The van der Waals surface area contributed by atoms with Crippen molar-refractivity contribution in [1.82, 2.24) is 5.32 Å². The number of carbonyl (C=O) groups is 1. The molecule has 1 saturated carbocycles. The van der Waals surface area contributed by atoms with Gasteiger partial charge in [-0.15, -0.1) is 0 Å². The Hall–Kier alpha value is -1.71. The molecule has 0 saturated heterocycles. The highest BCUT2D eigenvalue weighted by molar-refractivity contribution is 6.31. The Kier molecular flexibility index (Phi) is 6.57. The highest BCUT2D eigenvalue weighted by atomic mass is 35.5. The van der Waals surface area contributed by atoms with Gasteiger partial charge in [0.25, 0.3) is 0 Å². The van der Waals surface area contributed by atoms with Gasteiger partial charge in [-0.2, -0.15) is 0 Å². The number of benzene rings is 2. The second-order valence-electron chi connectivity index (χ2n) is 7.81. The number of rotatable bonds is 4. The largest absolute Gasteiger partial charge is 0.508 e. The van der Waals surface area contributed by atoms with E-state index in [1.165, 1.54) is 5.56 Å². The van der Waals surface area contributed by atoms with Crippen LogP contribution in [0, 0.1) is 17.8 Å². The fraction of sp³-hybridized carbons (Fsp3) is 0.435. The van der Waals surface area contributed by atoms with E-state index in [4.69, 9.17) is 23.2 Å². The number of phenols is 1. The third-order valence-corrected chi connectivity index (χ3v) is 6.83. The van der Waals surface area contributed by atoms with E-state index < -0.39 is 0 Å². The van der Waals surface area contributed by atoms with E-state index in [1.807, 2.05) is 18.2 Å². The molecule has 0 aromatic heterocycles. The fourth-order valence-electron chi connectivity index (χ4n) is 5.07. The lowest BCUT2D eigenvalue weighted by molar-refractivity contribution is -0.130. The maximum atomic E-state index is 12.7. The number of phenolic OH excluding ortho intramolecular Hbond substituents is 1. The van der Waals surface area contributed by atoms with Gasteiger partial charge in [0, 0.05) is 23.0 Å². The average molecular weight is 420 g/mol. The minimum Gasteiger partial charge on any atom is -0.508 e. The van der Waals surface area contributed by atoms with E-state index in [2.05, 4.69) is 31.3 Å². The van der Waals surface area contributed by atoms with E-state index in [0.717, 1.165) is 18.4 Å². The summed E-state index contributed by atoms with van der Waals surface area (Å²) in [4.78, 5) is 12.7. The Morgan fingerprint density at radius 2 is 1.86 bits per heavy atom. The van der Waals surface area contributed by atoms with E-state index >= 15 is 0 Å². The number of aromatic hydroxyl groups is 1. The zero-order chi connectivity index (χ0) is 20.4. The van der Waals surface area contributed by atoms with Crippen LogP contribution in [-0.2, 0) is 4.79 Å². The van der Waals surface area contributed by atoms with Gasteiger partial charge in [0.05, 0.1) is 0 Å². The summed E-state index contributed by atoms with van der Waals surface area (Å²) in [6, 6.07) is 13.2. The molecule has 1 aliphatic carbocycles. The summed E-state index contributed by atoms with van der Waals surface area (Å²) >= 11 is 12.7. The molecule has 0 bridgehead atoms. The van der Waals surface area contributed by atoms with Crippen LogP contribution >= 0.6 is 23.2 Å². The first-order valence-corrected chi connectivity index (χ1v) is 10.6. The molecule has 0 aliphatic heterocycles. The van der Waals surface area contributed by atoms with Crippen molar-refractivity contribution in [3.8, 4) is 5.75 Å². The normalized spacial score (nSPS) is 27.4. The number of hydrogen-bond acceptors (Lipinski definition) is 2. The van der Waals surface area contributed by atoms with Gasteiger partial charge in [-0.3, -0.25) is 4.79 Å². The summed E-state index contributed by atoms with van der Waals surface area (Å²) in [5, 5.41) is 13.9. The van der Waals surface area contributed by atoms with E-state index in [9.17, 15) is 9.90 Å². The van der Waals surface area contributed by atoms with E-state index in [0.29, 0.717) is 10.0 Å². The monoisotopic (exact) mass is 419 g/mol. The summed E-state index contributed by atoms with van der Waals surface area (Å²) in [5.74, 6) is 0.924. The number of carbonyl (C=O) groups excluding carboxylic acids is 1. The minimum absolute atomic E-state index is 0.0529. The van der Waals surface area contributed by atoms with Gasteiger partial charge in [-0.25, -0.2) is 0 Å². The van der Waals surface area contributed by atoms with Crippen LogP contribution in [0.1, 0.15) is 49.7 Å². The SMILES string of the molecule is CCC1C(C(=O)NC)[C@H](C)CC(c2ccc(O)cc2Cl)[C@@H]1c1ccc(Cl)cc1. The molecule has 2 N–H and O–H groups in total.